The van der Waals surface area contributed by atoms with E-state index in [0.717, 1.165) is 12.1 Å². The minimum atomic E-state index is -0.254. The lowest BCUT2D eigenvalue weighted by Crippen LogP contribution is -2.08. The van der Waals surface area contributed by atoms with Crippen LogP contribution in [0.5, 0.6) is 0 Å². The highest BCUT2D eigenvalue weighted by atomic mass is 16.7. The standard InChI is InChI=1S/C15H23NO2/c1-4-17-15(18-5-2)14-10-8-13(9-11-14)7-6-12-16-3/h6-11,15-16H,4-5,12H2,1-3H3. The van der Waals surface area contributed by atoms with Crippen LogP contribution in [-0.4, -0.2) is 26.8 Å². The molecule has 0 aromatic heterocycles. The summed E-state index contributed by atoms with van der Waals surface area (Å²) < 4.78 is 11.1. The van der Waals surface area contributed by atoms with E-state index in [9.17, 15) is 0 Å². The number of hydrogen-bond acceptors (Lipinski definition) is 3. The maximum absolute atomic E-state index is 5.56. The molecule has 0 aliphatic heterocycles. The van der Waals surface area contributed by atoms with Crippen LogP contribution >= 0.6 is 0 Å². The number of ether oxygens (including phenoxy) is 2. The Bertz CT molecular complexity index is 340. The summed E-state index contributed by atoms with van der Waals surface area (Å²) in [5, 5.41) is 3.07. The molecular weight excluding hydrogens is 226 g/mol. The van der Waals surface area contributed by atoms with Gasteiger partial charge in [0.05, 0.1) is 0 Å². The zero-order chi connectivity index (χ0) is 13.2. The summed E-state index contributed by atoms with van der Waals surface area (Å²) in [7, 11) is 1.93. The third-order valence-electron chi connectivity index (χ3n) is 2.48. The SMILES string of the molecule is CCOC(OCC)c1ccc(C=CCNC)cc1. The molecule has 1 aromatic carbocycles. The van der Waals surface area contributed by atoms with Crippen molar-refractivity contribution in [3.8, 4) is 0 Å². The van der Waals surface area contributed by atoms with E-state index < -0.39 is 0 Å². The van der Waals surface area contributed by atoms with E-state index >= 15 is 0 Å². The number of benzene rings is 1. The molecule has 0 unspecified atom stereocenters. The highest BCUT2D eigenvalue weighted by Gasteiger charge is 2.10. The maximum Gasteiger partial charge on any atom is 0.183 e. The fraction of sp³-hybridized carbons (Fsp3) is 0.467. The molecule has 1 aromatic rings. The number of hydrogen-bond donors (Lipinski definition) is 1. The molecule has 0 aliphatic carbocycles. The first-order valence-electron chi connectivity index (χ1n) is 6.46. The van der Waals surface area contributed by atoms with Gasteiger partial charge in [-0.25, -0.2) is 0 Å². The van der Waals surface area contributed by atoms with Gasteiger partial charge in [-0.2, -0.15) is 0 Å². The van der Waals surface area contributed by atoms with Crippen molar-refractivity contribution in [2.24, 2.45) is 0 Å². The maximum atomic E-state index is 5.56. The zero-order valence-corrected chi connectivity index (χ0v) is 11.5. The summed E-state index contributed by atoms with van der Waals surface area (Å²) >= 11 is 0. The smallest absolute Gasteiger partial charge is 0.183 e. The van der Waals surface area contributed by atoms with E-state index in [1.807, 2.05) is 20.9 Å². The minimum Gasteiger partial charge on any atom is -0.349 e. The molecule has 0 fully saturated rings. The van der Waals surface area contributed by atoms with Crippen LogP contribution in [-0.2, 0) is 9.47 Å². The topological polar surface area (TPSA) is 30.5 Å². The summed E-state index contributed by atoms with van der Waals surface area (Å²) in [5.41, 5.74) is 2.24. The summed E-state index contributed by atoms with van der Waals surface area (Å²) in [6, 6.07) is 8.25. The van der Waals surface area contributed by atoms with Crippen LogP contribution in [0, 0.1) is 0 Å². The second-order valence-corrected chi connectivity index (χ2v) is 3.87. The van der Waals surface area contributed by atoms with Gasteiger partial charge in [0, 0.05) is 25.3 Å². The average Bonchev–Trinajstić information content (AvgIpc) is 2.40. The summed E-state index contributed by atoms with van der Waals surface area (Å²) in [4.78, 5) is 0. The van der Waals surface area contributed by atoms with Gasteiger partial charge in [0.25, 0.3) is 0 Å². The molecule has 18 heavy (non-hydrogen) atoms. The Kier molecular flexibility index (Phi) is 7.34. The van der Waals surface area contributed by atoms with Gasteiger partial charge in [-0.3, -0.25) is 0 Å². The van der Waals surface area contributed by atoms with E-state index in [1.54, 1.807) is 0 Å². The van der Waals surface area contributed by atoms with Crippen molar-refractivity contribution in [1.82, 2.24) is 5.32 Å². The van der Waals surface area contributed by atoms with Crippen LogP contribution in [0.2, 0.25) is 0 Å². The third-order valence-corrected chi connectivity index (χ3v) is 2.48. The second kappa shape index (κ2) is 8.86. The van der Waals surface area contributed by atoms with Crippen molar-refractivity contribution < 1.29 is 9.47 Å². The van der Waals surface area contributed by atoms with Gasteiger partial charge < -0.3 is 14.8 Å². The van der Waals surface area contributed by atoms with Gasteiger partial charge in [0.1, 0.15) is 0 Å². The molecule has 3 heteroatoms. The van der Waals surface area contributed by atoms with Gasteiger partial charge in [-0.1, -0.05) is 36.4 Å². The van der Waals surface area contributed by atoms with Gasteiger partial charge in [-0.15, -0.1) is 0 Å². The van der Waals surface area contributed by atoms with Crippen molar-refractivity contribution in [2.45, 2.75) is 20.1 Å². The van der Waals surface area contributed by atoms with Crippen molar-refractivity contribution in [1.29, 1.82) is 0 Å². The minimum absolute atomic E-state index is 0.254. The molecule has 0 saturated heterocycles. The predicted octanol–water partition coefficient (Wildman–Crippen LogP) is 2.99. The second-order valence-electron chi connectivity index (χ2n) is 3.87. The molecule has 0 spiro atoms. The highest BCUT2D eigenvalue weighted by Crippen LogP contribution is 2.19. The van der Waals surface area contributed by atoms with E-state index in [4.69, 9.17) is 9.47 Å². The van der Waals surface area contributed by atoms with Crippen molar-refractivity contribution >= 4 is 6.08 Å². The molecule has 100 valence electrons. The van der Waals surface area contributed by atoms with Gasteiger partial charge in [0.2, 0.25) is 0 Å². The summed E-state index contributed by atoms with van der Waals surface area (Å²) in [6.07, 6.45) is 3.93. The molecule has 0 radical (unpaired) electrons. The van der Waals surface area contributed by atoms with Crippen molar-refractivity contribution in [2.75, 3.05) is 26.8 Å². The van der Waals surface area contributed by atoms with Gasteiger partial charge in [-0.05, 0) is 26.5 Å². The Morgan fingerprint density at radius 3 is 2.22 bits per heavy atom. The molecule has 0 heterocycles. The third kappa shape index (κ3) is 5.00. The fourth-order valence-corrected chi connectivity index (χ4v) is 1.62. The number of likely N-dealkylation sites (N-methyl/N-ethyl adjacent to an activating group) is 1. The lowest BCUT2D eigenvalue weighted by molar-refractivity contribution is -0.140. The number of nitrogens with one attached hydrogen (secondary N) is 1. The van der Waals surface area contributed by atoms with Crippen LogP contribution < -0.4 is 5.32 Å². The molecule has 0 aliphatic rings. The van der Waals surface area contributed by atoms with Gasteiger partial charge >= 0.3 is 0 Å². The Balaban J connectivity index is 2.67. The molecule has 1 rings (SSSR count). The Morgan fingerprint density at radius 2 is 1.72 bits per heavy atom. The quantitative estimate of drug-likeness (QED) is 0.718. The predicted molar refractivity (Wildman–Crippen MR) is 75.4 cm³/mol. The first-order chi connectivity index (χ1) is 8.81. The summed E-state index contributed by atoms with van der Waals surface area (Å²) in [6.45, 7) is 6.12. The van der Waals surface area contributed by atoms with Crippen LogP contribution in [0.3, 0.4) is 0 Å². The fourth-order valence-electron chi connectivity index (χ4n) is 1.62. The Labute approximate surface area is 110 Å². The van der Waals surface area contributed by atoms with Crippen LogP contribution in [0.4, 0.5) is 0 Å². The van der Waals surface area contributed by atoms with E-state index in [0.29, 0.717) is 13.2 Å². The van der Waals surface area contributed by atoms with Crippen LogP contribution in [0.25, 0.3) is 6.08 Å². The Hall–Kier alpha value is -1.16. The first kappa shape index (κ1) is 14.9. The molecule has 0 saturated carbocycles. The average molecular weight is 249 g/mol. The monoisotopic (exact) mass is 249 g/mol. The van der Waals surface area contributed by atoms with Gasteiger partial charge in [0.15, 0.2) is 6.29 Å². The molecule has 1 N–H and O–H groups in total. The first-order valence-corrected chi connectivity index (χ1v) is 6.46. The summed E-state index contributed by atoms with van der Waals surface area (Å²) in [5.74, 6) is 0. The number of rotatable bonds is 8. The molecule has 3 nitrogen and oxygen atoms in total. The molecule has 0 atom stereocenters. The molecule has 0 bridgehead atoms. The lowest BCUT2D eigenvalue weighted by Gasteiger charge is -2.17. The molecular formula is C15H23NO2. The Morgan fingerprint density at radius 1 is 1.11 bits per heavy atom. The normalized spacial score (nSPS) is 11.6. The zero-order valence-electron chi connectivity index (χ0n) is 11.5. The lowest BCUT2D eigenvalue weighted by atomic mass is 10.1. The van der Waals surface area contributed by atoms with E-state index in [-0.39, 0.29) is 6.29 Å². The van der Waals surface area contributed by atoms with Crippen molar-refractivity contribution in [3.05, 3.63) is 41.5 Å². The molecule has 0 amide bonds. The van der Waals surface area contributed by atoms with Crippen LogP contribution in [0.1, 0.15) is 31.3 Å². The van der Waals surface area contributed by atoms with Crippen LogP contribution in [0.15, 0.2) is 30.3 Å². The largest absolute Gasteiger partial charge is 0.349 e. The highest BCUT2D eigenvalue weighted by molar-refractivity contribution is 5.49. The van der Waals surface area contributed by atoms with E-state index in [1.165, 1.54) is 5.56 Å². The van der Waals surface area contributed by atoms with E-state index in [2.05, 4.69) is 41.7 Å². The van der Waals surface area contributed by atoms with Crippen molar-refractivity contribution in [3.63, 3.8) is 0 Å².